The number of hydrogen-bond donors (Lipinski definition) is 1. The Hall–Kier alpha value is -0.820. The van der Waals surface area contributed by atoms with Gasteiger partial charge in [-0.25, -0.2) is 0 Å². The summed E-state index contributed by atoms with van der Waals surface area (Å²) >= 11 is 0. The fourth-order valence-corrected chi connectivity index (χ4v) is 2.85. The van der Waals surface area contributed by atoms with Crippen molar-refractivity contribution in [2.45, 2.75) is 63.8 Å². The number of rotatable bonds is 3. The van der Waals surface area contributed by atoms with Gasteiger partial charge in [-0.05, 0) is 36.3 Å². The molecule has 1 aliphatic rings. The lowest BCUT2D eigenvalue weighted by molar-refractivity contribution is 0.302. The van der Waals surface area contributed by atoms with E-state index < -0.39 is 0 Å². The predicted octanol–water partition coefficient (Wildman–Crippen LogP) is 4.32. The lowest BCUT2D eigenvalue weighted by Gasteiger charge is -2.34. The highest BCUT2D eigenvalue weighted by atomic mass is 14.7. The summed E-state index contributed by atoms with van der Waals surface area (Å²) in [6.07, 6.45) is 7.41. The van der Waals surface area contributed by atoms with Gasteiger partial charge in [0.1, 0.15) is 0 Å². The van der Waals surface area contributed by atoms with Crippen LogP contribution in [0.25, 0.3) is 0 Å². The van der Waals surface area contributed by atoms with E-state index in [-0.39, 0.29) is 5.54 Å². The summed E-state index contributed by atoms with van der Waals surface area (Å²) in [6, 6.07) is 9.05. The minimum Gasteiger partial charge on any atom is -0.321 e. The highest BCUT2D eigenvalue weighted by Crippen LogP contribution is 2.35. The third-order valence-electron chi connectivity index (χ3n) is 4.41. The van der Waals surface area contributed by atoms with Gasteiger partial charge < -0.3 is 5.73 Å². The Morgan fingerprint density at radius 1 is 1.12 bits per heavy atom. The van der Waals surface area contributed by atoms with E-state index in [4.69, 9.17) is 5.73 Å². The molecule has 1 aliphatic carbocycles. The monoisotopic (exact) mass is 231 g/mol. The maximum atomic E-state index is 6.54. The van der Waals surface area contributed by atoms with Crippen LogP contribution in [0.15, 0.2) is 24.3 Å². The minimum absolute atomic E-state index is 0.0494. The van der Waals surface area contributed by atoms with Gasteiger partial charge in [-0.2, -0.15) is 0 Å². The predicted molar refractivity (Wildman–Crippen MR) is 74.1 cm³/mol. The molecule has 1 heteroatoms. The molecule has 0 saturated heterocycles. The molecule has 0 bridgehead atoms. The van der Waals surface area contributed by atoms with Crippen LogP contribution in [0, 0.1) is 0 Å². The third kappa shape index (κ3) is 2.71. The lowest BCUT2D eigenvalue weighted by Crippen LogP contribution is -2.38. The van der Waals surface area contributed by atoms with Crippen molar-refractivity contribution in [2.24, 2.45) is 5.73 Å². The molecule has 94 valence electrons. The van der Waals surface area contributed by atoms with Crippen LogP contribution in [0.5, 0.6) is 0 Å². The minimum atomic E-state index is -0.0494. The first kappa shape index (κ1) is 12.6. The average Bonchev–Trinajstić information content (AvgIpc) is 2.39. The van der Waals surface area contributed by atoms with E-state index in [1.54, 1.807) is 0 Å². The van der Waals surface area contributed by atoms with Gasteiger partial charge in [0.25, 0.3) is 0 Å². The SMILES string of the molecule is CCC(C)c1ccc(C2(N)CCCCC2)cc1. The molecule has 0 radical (unpaired) electrons. The van der Waals surface area contributed by atoms with Crippen molar-refractivity contribution in [2.75, 3.05) is 0 Å². The van der Waals surface area contributed by atoms with Gasteiger partial charge >= 0.3 is 0 Å². The van der Waals surface area contributed by atoms with Crippen molar-refractivity contribution < 1.29 is 0 Å². The van der Waals surface area contributed by atoms with Crippen LogP contribution in [-0.4, -0.2) is 0 Å². The molecule has 0 aromatic heterocycles. The molecular formula is C16H25N. The zero-order valence-corrected chi connectivity index (χ0v) is 11.2. The summed E-state index contributed by atoms with van der Waals surface area (Å²) < 4.78 is 0. The molecule has 17 heavy (non-hydrogen) atoms. The van der Waals surface area contributed by atoms with Gasteiger partial charge in [0.05, 0.1) is 0 Å². The summed E-state index contributed by atoms with van der Waals surface area (Å²) in [4.78, 5) is 0. The Labute approximate surface area is 105 Å². The van der Waals surface area contributed by atoms with E-state index in [0.29, 0.717) is 5.92 Å². The Bertz CT molecular complexity index is 346. The van der Waals surface area contributed by atoms with Crippen molar-refractivity contribution in [1.29, 1.82) is 0 Å². The van der Waals surface area contributed by atoms with E-state index in [9.17, 15) is 0 Å². The van der Waals surface area contributed by atoms with E-state index in [2.05, 4.69) is 38.1 Å². The smallest absolute Gasteiger partial charge is 0.0409 e. The van der Waals surface area contributed by atoms with Crippen LogP contribution in [0.3, 0.4) is 0 Å². The number of nitrogens with two attached hydrogens (primary N) is 1. The zero-order valence-electron chi connectivity index (χ0n) is 11.2. The highest BCUT2D eigenvalue weighted by molar-refractivity contribution is 5.30. The van der Waals surface area contributed by atoms with Crippen LogP contribution < -0.4 is 5.73 Å². The Balaban J connectivity index is 2.16. The third-order valence-corrected chi connectivity index (χ3v) is 4.41. The fourth-order valence-electron chi connectivity index (χ4n) is 2.85. The molecule has 0 aliphatic heterocycles. The van der Waals surface area contributed by atoms with Gasteiger partial charge in [-0.1, -0.05) is 57.4 Å². The molecule has 0 heterocycles. The maximum absolute atomic E-state index is 6.54. The van der Waals surface area contributed by atoms with E-state index in [0.717, 1.165) is 12.8 Å². The summed E-state index contributed by atoms with van der Waals surface area (Å²) in [5, 5.41) is 0. The standard InChI is InChI=1S/C16H25N/c1-3-13(2)14-7-9-15(10-8-14)16(17)11-5-4-6-12-16/h7-10,13H,3-6,11-12,17H2,1-2H3. The zero-order chi connectivity index (χ0) is 12.3. The fraction of sp³-hybridized carbons (Fsp3) is 0.625. The second-order valence-corrected chi connectivity index (χ2v) is 5.65. The molecule has 2 rings (SSSR count). The van der Waals surface area contributed by atoms with Crippen molar-refractivity contribution in [3.63, 3.8) is 0 Å². The van der Waals surface area contributed by atoms with Crippen molar-refractivity contribution in [1.82, 2.24) is 0 Å². The first-order chi connectivity index (χ1) is 8.15. The molecule has 1 unspecified atom stereocenters. The number of benzene rings is 1. The van der Waals surface area contributed by atoms with Crippen LogP contribution >= 0.6 is 0 Å². The van der Waals surface area contributed by atoms with Gasteiger partial charge in [-0.3, -0.25) is 0 Å². The van der Waals surface area contributed by atoms with Crippen molar-refractivity contribution in [3.05, 3.63) is 35.4 Å². The van der Waals surface area contributed by atoms with Gasteiger partial charge in [-0.15, -0.1) is 0 Å². The van der Waals surface area contributed by atoms with E-state index in [1.807, 2.05) is 0 Å². The first-order valence-electron chi connectivity index (χ1n) is 7.05. The summed E-state index contributed by atoms with van der Waals surface area (Å²) in [5.74, 6) is 0.657. The normalized spacial score (nSPS) is 21.1. The van der Waals surface area contributed by atoms with Crippen LogP contribution in [0.4, 0.5) is 0 Å². The quantitative estimate of drug-likeness (QED) is 0.823. The lowest BCUT2D eigenvalue weighted by atomic mass is 9.77. The molecule has 2 N–H and O–H groups in total. The molecule has 1 aromatic carbocycles. The summed E-state index contributed by atoms with van der Waals surface area (Å²) in [6.45, 7) is 4.53. The molecule has 1 saturated carbocycles. The molecule has 1 atom stereocenters. The summed E-state index contributed by atoms with van der Waals surface area (Å²) in [7, 11) is 0. The van der Waals surface area contributed by atoms with Gasteiger partial charge in [0, 0.05) is 5.54 Å². The van der Waals surface area contributed by atoms with Gasteiger partial charge in [0.15, 0.2) is 0 Å². The van der Waals surface area contributed by atoms with Crippen LogP contribution in [0.2, 0.25) is 0 Å². The maximum Gasteiger partial charge on any atom is 0.0409 e. The first-order valence-corrected chi connectivity index (χ1v) is 7.05. The average molecular weight is 231 g/mol. The Morgan fingerprint density at radius 2 is 1.71 bits per heavy atom. The van der Waals surface area contributed by atoms with Gasteiger partial charge in [0.2, 0.25) is 0 Å². The second kappa shape index (κ2) is 5.22. The molecule has 1 nitrogen and oxygen atoms in total. The van der Waals surface area contributed by atoms with Crippen LogP contribution in [0.1, 0.15) is 69.4 Å². The molecule has 1 aromatic rings. The summed E-state index contributed by atoms with van der Waals surface area (Å²) in [5.41, 5.74) is 9.27. The molecule has 0 amide bonds. The van der Waals surface area contributed by atoms with Crippen LogP contribution in [-0.2, 0) is 5.54 Å². The molecule has 0 spiro atoms. The Kier molecular flexibility index (Phi) is 3.88. The van der Waals surface area contributed by atoms with E-state index in [1.165, 1.54) is 36.8 Å². The Morgan fingerprint density at radius 3 is 2.24 bits per heavy atom. The topological polar surface area (TPSA) is 26.0 Å². The molecular weight excluding hydrogens is 206 g/mol. The largest absolute Gasteiger partial charge is 0.321 e. The second-order valence-electron chi connectivity index (χ2n) is 5.65. The van der Waals surface area contributed by atoms with E-state index >= 15 is 0 Å². The number of hydrogen-bond acceptors (Lipinski definition) is 1. The highest BCUT2D eigenvalue weighted by Gasteiger charge is 2.29. The van der Waals surface area contributed by atoms with Crippen molar-refractivity contribution >= 4 is 0 Å². The molecule has 1 fully saturated rings. The van der Waals surface area contributed by atoms with Crippen molar-refractivity contribution in [3.8, 4) is 0 Å².